The number of hydrogen-bond acceptors (Lipinski definition) is 1. The summed E-state index contributed by atoms with van der Waals surface area (Å²) in [5.41, 5.74) is 1.61. The molecule has 3 atom stereocenters. The smallest absolute Gasteiger partial charge is 0.105 e. The number of allylic oxidation sites excluding steroid dienone is 1. The molecule has 0 spiro atoms. The van der Waals surface area contributed by atoms with Gasteiger partial charge in [-0.25, -0.2) is 0 Å². The monoisotopic (exact) mass is 164 g/mol. The van der Waals surface area contributed by atoms with E-state index in [1.54, 1.807) is 11.8 Å². The van der Waals surface area contributed by atoms with Crippen molar-refractivity contribution in [3.05, 3.63) is 24.5 Å². The predicted molar refractivity (Wildman–Crippen MR) is 49.7 cm³/mol. The number of fused-ring (bicyclic) bond motifs is 2. The molecule has 0 aromatic carbocycles. The highest BCUT2D eigenvalue weighted by molar-refractivity contribution is 5.19. The van der Waals surface area contributed by atoms with Gasteiger partial charge in [-0.3, -0.25) is 0 Å². The van der Waals surface area contributed by atoms with Gasteiger partial charge in [0.1, 0.15) is 6.10 Å². The first-order valence-electron chi connectivity index (χ1n) is 4.76. The van der Waals surface area contributed by atoms with Crippen LogP contribution in [0.2, 0.25) is 0 Å². The van der Waals surface area contributed by atoms with Crippen LogP contribution in [0, 0.1) is 11.8 Å². The number of rotatable bonds is 2. The zero-order valence-electron chi connectivity index (χ0n) is 7.62. The van der Waals surface area contributed by atoms with Crippen molar-refractivity contribution in [3.63, 3.8) is 0 Å². The Balaban J connectivity index is 2.09. The van der Waals surface area contributed by atoms with E-state index in [9.17, 15) is 0 Å². The summed E-state index contributed by atoms with van der Waals surface area (Å²) in [7, 11) is 0. The van der Waals surface area contributed by atoms with Gasteiger partial charge >= 0.3 is 0 Å². The third-order valence-corrected chi connectivity index (χ3v) is 3.24. The van der Waals surface area contributed by atoms with E-state index >= 15 is 0 Å². The topological polar surface area (TPSA) is 9.23 Å². The van der Waals surface area contributed by atoms with Gasteiger partial charge in [0.05, 0.1) is 6.26 Å². The molecule has 2 bridgehead atoms. The first-order valence-corrected chi connectivity index (χ1v) is 4.76. The van der Waals surface area contributed by atoms with E-state index < -0.39 is 0 Å². The second-order valence-corrected chi connectivity index (χ2v) is 3.85. The van der Waals surface area contributed by atoms with Crippen molar-refractivity contribution in [3.8, 4) is 0 Å². The fourth-order valence-corrected chi connectivity index (χ4v) is 2.75. The second kappa shape index (κ2) is 2.96. The van der Waals surface area contributed by atoms with Crippen molar-refractivity contribution in [1.82, 2.24) is 0 Å². The summed E-state index contributed by atoms with van der Waals surface area (Å²) in [5, 5.41) is 0. The Hall–Kier alpha value is -0.720. The lowest BCUT2D eigenvalue weighted by Gasteiger charge is -2.23. The highest BCUT2D eigenvalue weighted by atomic mass is 16.5. The lowest BCUT2D eigenvalue weighted by atomic mass is 9.92. The van der Waals surface area contributed by atoms with Crippen molar-refractivity contribution in [1.29, 1.82) is 0 Å². The van der Waals surface area contributed by atoms with Crippen LogP contribution in [0.15, 0.2) is 24.5 Å². The Morgan fingerprint density at radius 1 is 1.50 bits per heavy atom. The molecular weight excluding hydrogens is 148 g/mol. The summed E-state index contributed by atoms with van der Waals surface area (Å²) >= 11 is 0. The predicted octanol–water partition coefficient (Wildman–Crippen LogP) is 2.89. The van der Waals surface area contributed by atoms with Crippen LogP contribution >= 0.6 is 0 Å². The van der Waals surface area contributed by atoms with Crippen molar-refractivity contribution in [2.45, 2.75) is 32.3 Å². The molecule has 0 N–H and O–H groups in total. The van der Waals surface area contributed by atoms with Crippen molar-refractivity contribution in [2.75, 3.05) is 0 Å². The van der Waals surface area contributed by atoms with Crippen LogP contribution in [0.1, 0.15) is 26.2 Å². The summed E-state index contributed by atoms with van der Waals surface area (Å²) in [6.07, 6.45) is 8.21. The first kappa shape index (κ1) is 7.90. The van der Waals surface area contributed by atoms with E-state index in [1.165, 1.54) is 19.3 Å². The zero-order valence-corrected chi connectivity index (χ0v) is 7.62. The molecule has 0 aliphatic heterocycles. The minimum atomic E-state index is 0.437. The third kappa shape index (κ3) is 1.08. The Morgan fingerprint density at radius 3 is 2.92 bits per heavy atom. The van der Waals surface area contributed by atoms with Gasteiger partial charge in [0, 0.05) is 5.92 Å². The Kier molecular flexibility index (Phi) is 1.95. The van der Waals surface area contributed by atoms with Gasteiger partial charge in [0.15, 0.2) is 0 Å². The molecule has 2 aliphatic rings. The van der Waals surface area contributed by atoms with Crippen LogP contribution in [-0.4, -0.2) is 6.10 Å². The van der Waals surface area contributed by atoms with E-state index in [-0.39, 0.29) is 0 Å². The molecule has 2 saturated carbocycles. The SMILES string of the molecule is C=COC1CC2CC(=CC)C1C2. The maximum Gasteiger partial charge on any atom is 0.105 e. The maximum atomic E-state index is 5.49. The summed E-state index contributed by atoms with van der Waals surface area (Å²) < 4.78 is 5.49. The summed E-state index contributed by atoms with van der Waals surface area (Å²) in [4.78, 5) is 0. The molecule has 66 valence electrons. The fourth-order valence-electron chi connectivity index (χ4n) is 2.75. The molecule has 2 fully saturated rings. The lowest BCUT2D eigenvalue weighted by Crippen LogP contribution is -2.19. The standard InChI is InChI=1S/C11H16O/c1-3-9-5-8-6-10(9)11(7-8)12-4-2/h3-4,8,10-11H,2,5-7H2,1H3. The van der Waals surface area contributed by atoms with E-state index in [0.29, 0.717) is 12.0 Å². The molecule has 3 unspecified atom stereocenters. The quantitative estimate of drug-likeness (QED) is 0.450. The van der Waals surface area contributed by atoms with Crippen LogP contribution in [-0.2, 0) is 4.74 Å². The van der Waals surface area contributed by atoms with E-state index in [2.05, 4.69) is 19.6 Å². The molecular formula is C11H16O. The van der Waals surface area contributed by atoms with E-state index in [1.807, 2.05) is 0 Å². The summed E-state index contributed by atoms with van der Waals surface area (Å²) in [6.45, 7) is 5.76. The minimum absolute atomic E-state index is 0.437. The number of ether oxygens (including phenoxy) is 1. The Bertz CT molecular complexity index is 217. The van der Waals surface area contributed by atoms with Crippen molar-refractivity contribution in [2.24, 2.45) is 11.8 Å². The minimum Gasteiger partial charge on any atom is -0.498 e. The largest absolute Gasteiger partial charge is 0.498 e. The van der Waals surface area contributed by atoms with E-state index in [4.69, 9.17) is 4.74 Å². The summed E-state index contributed by atoms with van der Waals surface area (Å²) in [5.74, 6) is 1.60. The first-order chi connectivity index (χ1) is 5.85. The van der Waals surface area contributed by atoms with Crippen molar-refractivity contribution < 1.29 is 4.74 Å². The van der Waals surface area contributed by atoms with Crippen LogP contribution in [0.3, 0.4) is 0 Å². The molecule has 0 saturated heterocycles. The average molecular weight is 164 g/mol. The second-order valence-electron chi connectivity index (χ2n) is 3.85. The Labute approximate surface area is 74.1 Å². The van der Waals surface area contributed by atoms with Gasteiger partial charge in [-0.1, -0.05) is 18.2 Å². The fraction of sp³-hybridized carbons (Fsp3) is 0.636. The molecule has 1 nitrogen and oxygen atoms in total. The normalized spacial score (nSPS) is 42.1. The van der Waals surface area contributed by atoms with Gasteiger partial charge in [-0.05, 0) is 32.1 Å². The molecule has 0 aromatic rings. The molecule has 0 aromatic heterocycles. The molecule has 0 amide bonds. The highest BCUT2D eigenvalue weighted by Gasteiger charge is 2.43. The average Bonchev–Trinajstić information content (AvgIpc) is 2.62. The number of hydrogen-bond donors (Lipinski definition) is 0. The molecule has 0 heterocycles. The Morgan fingerprint density at radius 2 is 2.33 bits per heavy atom. The van der Waals surface area contributed by atoms with Gasteiger partial charge in [0.2, 0.25) is 0 Å². The van der Waals surface area contributed by atoms with E-state index in [0.717, 1.165) is 5.92 Å². The van der Waals surface area contributed by atoms with Crippen molar-refractivity contribution >= 4 is 0 Å². The van der Waals surface area contributed by atoms with Gasteiger partial charge < -0.3 is 4.74 Å². The summed E-state index contributed by atoms with van der Waals surface area (Å²) in [6, 6.07) is 0. The third-order valence-electron chi connectivity index (χ3n) is 3.24. The van der Waals surface area contributed by atoms with Crippen LogP contribution in [0.5, 0.6) is 0 Å². The molecule has 1 heteroatoms. The highest BCUT2D eigenvalue weighted by Crippen LogP contribution is 2.49. The zero-order chi connectivity index (χ0) is 8.55. The van der Waals surface area contributed by atoms with Gasteiger partial charge in [0.25, 0.3) is 0 Å². The van der Waals surface area contributed by atoms with Crippen LogP contribution < -0.4 is 0 Å². The van der Waals surface area contributed by atoms with Gasteiger partial charge in [-0.2, -0.15) is 0 Å². The molecule has 2 aliphatic carbocycles. The van der Waals surface area contributed by atoms with Crippen LogP contribution in [0.25, 0.3) is 0 Å². The lowest BCUT2D eigenvalue weighted by molar-refractivity contribution is 0.111. The van der Waals surface area contributed by atoms with Gasteiger partial charge in [-0.15, -0.1) is 0 Å². The van der Waals surface area contributed by atoms with Crippen LogP contribution in [0.4, 0.5) is 0 Å². The maximum absolute atomic E-state index is 5.49. The molecule has 12 heavy (non-hydrogen) atoms. The molecule has 2 rings (SSSR count). The molecule has 0 radical (unpaired) electrons.